The van der Waals surface area contributed by atoms with Gasteiger partial charge in [0.1, 0.15) is 0 Å². The molecule has 2 rings (SSSR count). The second-order valence-electron chi connectivity index (χ2n) is 3.94. The van der Waals surface area contributed by atoms with E-state index >= 15 is 0 Å². The summed E-state index contributed by atoms with van der Waals surface area (Å²) in [5.41, 5.74) is 0. The van der Waals surface area contributed by atoms with E-state index in [9.17, 15) is 0 Å². The van der Waals surface area contributed by atoms with Crippen LogP contribution in [-0.2, 0) is 5.75 Å². The molecule has 1 aromatic heterocycles. The van der Waals surface area contributed by atoms with Gasteiger partial charge in [-0.3, -0.25) is 4.90 Å². The van der Waals surface area contributed by atoms with E-state index in [0.29, 0.717) is 0 Å². The van der Waals surface area contributed by atoms with E-state index in [4.69, 9.17) is 4.52 Å². The highest BCUT2D eigenvalue weighted by atomic mass is 32.2. The topological polar surface area (TPSA) is 54.2 Å². The van der Waals surface area contributed by atoms with E-state index in [1.165, 1.54) is 0 Å². The van der Waals surface area contributed by atoms with Gasteiger partial charge in [-0.05, 0) is 13.2 Å². The van der Waals surface area contributed by atoms with E-state index in [1.54, 1.807) is 11.8 Å². The molecule has 6 heteroatoms. The van der Waals surface area contributed by atoms with Gasteiger partial charge in [0.2, 0.25) is 5.89 Å². The second-order valence-corrected chi connectivity index (χ2v) is 4.81. The molecule has 1 aliphatic heterocycles. The predicted octanol–water partition coefficient (Wildman–Crippen LogP) is 0.899. The average Bonchev–Trinajstić information content (AvgIpc) is 2.78. The summed E-state index contributed by atoms with van der Waals surface area (Å²) in [6, 6.07) is 0.227. The number of hydrogen-bond acceptors (Lipinski definition) is 6. The van der Waals surface area contributed by atoms with Crippen LogP contribution in [0.25, 0.3) is 0 Å². The smallest absolute Gasteiger partial charge is 0.243 e. The summed E-state index contributed by atoms with van der Waals surface area (Å²) in [4.78, 5) is 6.78. The lowest BCUT2D eigenvalue weighted by molar-refractivity contribution is 0.154. The minimum absolute atomic E-state index is 0.227. The van der Waals surface area contributed by atoms with Crippen molar-refractivity contribution < 1.29 is 4.52 Å². The largest absolute Gasteiger partial charge is 0.338 e. The SMILES string of the molecule is CSCc1noc(C(C)N2CCNCC2)n1. The summed E-state index contributed by atoms with van der Waals surface area (Å²) in [7, 11) is 0. The van der Waals surface area contributed by atoms with Crippen molar-refractivity contribution in [1.29, 1.82) is 0 Å². The fourth-order valence-electron chi connectivity index (χ4n) is 1.85. The maximum atomic E-state index is 5.30. The van der Waals surface area contributed by atoms with Gasteiger partial charge in [-0.25, -0.2) is 0 Å². The molecule has 0 aliphatic carbocycles. The van der Waals surface area contributed by atoms with Gasteiger partial charge in [0.15, 0.2) is 5.82 Å². The van der Waals surface area contributed by atoms with E-state index in [1.807, 2.05) is 6.26 Å². The molecule has 2 heterocycles. The Kier molecular flexibility index (Phi) is 4.20. The molecule has 1 saturated heterocycles. The molecule has 90 valence electrons. The molecule has 0 aromatic carbocycles. The third-order valence-electron chi connectivity index (χ3n) is 2.81. The van der Waals surface area contributed by atoms with E-state index in [2.05, 4.69) is 27.3 Å². The maximum Gasteiger partial charge on any atom is 0.243 e. The molecule has 0 radical (unpaired) electrons. The Morgan fingerprint density at radius 3 is 2.94 bits per heavy atom. The highest BCUT2D eigenvalue weighted by Gasteiger charge is 2.22. The normalized spacial score (nSPS) is 19.9. The fourth-order valence-corrected chi connectivity index (χ4v) is 2.23. The summed E-state index contributed by atoms with van der Waals surface area (Å²) in [6.45, 7) is 6.29. The van der Waals surface area contributed by atoms with Crippen LogP contribution >= 0.6 is 11.8 Å². The van der Waals surface area contributed by atoms with Crippen LogP contribution in [-0.4, -0.2) is 47.5 Å². The summed E-state index contributed by atoms with van der Waals surface area (Å²) >= 11 is 1.71. The molecule has 0 amide bonds. The number of hydrogen-bond donors (Lipinski definition) is 1. The molecule has 1 aliphatic rings. The highest BCUT2D eigenvalue weighted by molar-refractivity contribution is 7.97. The number of piperazine rings is 1. The molecular formula is C10H18N4OS. The van der Waals surface area contributed by atoms with Crippen LogP contribution in [0, 0.1) is 0 Å². The highest BCUT2D eigenvalue weighted by Crippen LogP contribution is 2.19. The van der Waals surface area contributed by atoms with Crippen molar-refractivity contribution >= 4 is 11.8 Å². The van der Waals surface area contributed by atoms with Crippen LogP contribution < -0.4 is 5.32 Å². The lowest BCUT2D eigenvalue weighted by atomic mass is 10.2. The fraction of sp³-hybridized carbons (Fsp3) is 0.800. The first-order valence-electron chi connectivity index (χ1n) is 5.57. The zero-order valence-electron chi connectivity index (χ0n) is 9.77. The second kappa shape index (κ2) is 5.65. The number of nitrogens with one attached hydrogen (secondary N) is 1. The molecule has 1 N–H and O–H groups in total. The van der Waals surface area contributed by atoms with Gasteiger partial charge in [0.25, 0.3) is 0 Å². The molecule has 16 heavy (non-hydrogen) atoms. The number of rotatable bonds is 4. The molecular weight excluding hydrogens is 224 g/mol. The van der Waals surface area contributed by atoms with E-state index < -0.39 is 0 Å². The first-order valence-corrected chi connectivity index (χ1v) is 6.97. The third kappa shape index (κ3) is 2.75. The van der Waals surface area contributed by atoms with Gasteiger partial charge in [0.05, 0.1) is 11.8 Å². The quantitative estimate of drug-likeness (QED) is 0.846. The van der Waals surface area contributed by atoms with Gasteiger partial charge >= 0.3 is 0 Å². The average molecular weight is 242 g/mol. The Bertz CT molecular complexity index is 324. The number of thioether (sulfide) groups is 1. The van der Waals surface area contributed by atoms with Gasteiger partial charge in [-0.1, -0.05) is 5.16 Å². The lowest BCUT2D eigenvalue weighted by Crippen LogP contribution is -2.44. The Hall–Kier alpha value is -0.590. The third-order valence-corrected chi connectivity index (χ3v) is 3.36. The summed E-state index contributed by atoms with van der Waals surface area (Å²) in [5.74, 6) is 2.35. The summed E-state index contributed by atoms with van der Waals surface area (Å²) in [6.07, 6.45) is 2.04. The number of aromatic nitrogens is 2. The Balaban J connectivity index is 1.98. The Morgan fingerprint density at radius 2 is 2.25 bits per heavy atom. The van der Waals surface area contributed by atoms with Crippen LogP contribution in [0.3, 0.4) is 0 Å². The molecule has 0 bridgehead atoms. The summed E-state index contributed by atoms with van der Waals surface area (Å²) < 4.78 is 5.30. The minimum Gasteiger partial charge on any atom is -0.338 e. The van der Waals surface area contributed by atoms with Crippen molar-refractivity contribution in [3.8, 4) is 0 Å². The van der Waals surface area contributed by atoms with Crippen molar-refractivity contribution in [2.45, 2.75) is 18.7 Å². The minimum atomic E-state index is 0.227. The maximum absolute atomic E-state index is 5.30. The van der Waals surface area contributed by atoms with Crippen LogP contribution in [0.4, 0.5) is 0 Å². The van der Waals surface area contributed by atoms with Gasteiger partial charge < -0.3 is 9.84 Å². The molecule has 1 aromatic rings. The Morgan fingerprint density at radius 1 is 1.50 bits per heavy atom. The van der Waals surface area contributed by atoms with Crippen molar-refractivity contribution in [2.75, 3.05) is 32.4 Å². The van der Waals surface area contributed by atoms with E-state index in [-0.39, 0.29) is 6.04 Å². The molecule has 1 fully saturated rings. The van der Waals surface area contributed by atoms with Crippen molar-refractivity contribution in [3.05, 3.63) is 11.7 Å². The molecule has 0 saturated carbocycles. The van der Waals surface area contributed by atoms with Gasteiger partial charge in [-0.2, -0.15) is 16.7 Å². The van der Waals surface area contributed by atoms with Gasteiger partial charge in [-0.15, -0.1) is 0 Å². The molecule has 0 spiro atoms. The molecule has 5 nitrogen and oxygen atoms in total. The first kappa shape index (κ1) is 11.9. The van der Waals surface area contributed by atoms with Crippen LogP contribution in [0.2, 0.25) is 0 Å². The first-order chi connectivity index (χ1) is 7.81. The predicted molar refractivity (Wildman–Crippen MR) is 64.4 cm³/mol. The van der Waals surface area contributed by atoms with E-state index in [0.717, 1.165) is 43.6 Å². The van der Waals surface area contributed by atoms with Crippen LogP contribution in [0.5, 0.6) is 0 Å². The molecule has 1 unspecified atom stereocenters. The van der Waals surface area contributed by atoms with Crippen molar-refractivity contribution in [1.82, 2.24) is 20.4 Å². The summed E-state index contributed by atoms with van der Waals surface area (Å²) in [5, 5.41) is 7.31. The zero-order chi connectivity index (χ0) is 11.4. The lowest BCUT2D eigenvalue weighted by Gasteiger charge is -2.30. The monoisotopic (exact) mass is 242 g/mol. The standard InChI is InChI=1S/C10H18N4OS/c1-8(14-5-3-11-4-6-14)10-12-9(7-16-2)13-15-10/h8,11H,3-7H2,1-2H3. The van der Waals surface area contributed by atoms with Crippen LogP contribution in [0.1, 0.15) is 24.7 Å². The van der Waals surface area contributed by atoms with Gasteiger partial charge in [0, 0.05) is 26.2 Å². The Labute approximate surface area is 100.0 Å². The molecule has 1 atom stereocenters. The van der Waals surface area contributed by atoms with Crippen LogP contribution in [0.15, 0.2) is 4.52 Å². The zero-order valence-corrected chi connectivity index (χ0v) is 10.6. The van der Waals surface area contributed by atoms with Crippen molar-refractivity contribution in [2.24, 2.45) is 0 Å². The van der Waals surface area contributed by atoms with Crippen molar-refractivity contribution in [3.63, 3.8) is 0 Å². The number of nitrogens with zero attached hydrogens (tertiary/aromatic N) is 3.